The molecule has 0 heterocycles. The molecule has 0 spiro atoms. The Morgan fingerprint density at radius 2 is 1.79 bits per heavy atom. The third-order valence-corrected chi connectivity index (χ3v) is 4.54. The van der Waals surface area contributed by atoms with E-state index in [1.807, 2.05) is 12.2 Å². The minimum absolute atomic E-state index is 0.0101. The Morgan fingerprint density at radius 3 is 2.26 bits per heavy atom. The number of aliphatic hydroxyl groups excluding tert-OH is 1. The van der Waals surface area contributed by atoms with Gasteiger partial charge in [-0.05, 0) is 39.0 Å². The number of rotatable bonds is 4. The van der Waals surface area contributed by atoms with Crippen molar-refractivity contribution in [1.29, 1.82) is 0 Å². The zero-order valence-corrected chi connectivity index (χ0v) is 11.5. The van der Waals surface area contributed by atoms with E-state index < -0.39 is 29.4 Å². The molecule has 1 saturated carbocycles. The van der Waals surface area contributed by atoms with Crippen LogP contribution in [-0.4, -0.2) is 33.7 Å². The second-order valence-corrected chi connectivity index (χ2v) is 6.23. The summed E-state index contributed by atoms with van der Waals surface area (Å²) in [5.41, 5.74) is -0.758. The molecule has 3 N–H and O–H groups in total. The molecule has 0 aromatic heterocycles. The van der Waals surface area contributed by atoms with Crippen molar-refractivity contribution >= 4 is 11.9 Å². The van der Waals surface area contributed by atoms with Crippen LogP contribution in [0.1, 0.15) is 27.2 Å². The Bertz CT molecular complexity index is 427. The maximum atomic E-state index is 12.4. The minimum Gasteiger partial charge on any atom is -0.481 e. The summed E-state index contributed by atoms with van der Waals surface area (Å²) in [6.07, 6.45) is 3.90. The van der Waals surface area contributed by atoms with Crippen LogP contribution in [0.5, 0.6) is 0 Å². The lowest BCUT2D eigenvalue weighted by molar-refractivity contribution is -0.148. The maximum absolute atomic E-state index is 12.4. The topological polar surface area (TPSA) is 86.6 Å². The van der Waals surface area contributed by atoms with E-state index in [1.165, 1.54) is 0 Å². The van der Waals surface area contributed by atoms with E-state index >= 15 is 0 Å². The van der Waals surface area contributed by atoms with Crippen LogP contribution in [0.25, 0.3) is 0 Å². The summed E-state index contributed by atoms with van der Waals surface area (Å²) < 4.78 is 0. The third kappa shape index (κ3) is 2.39. The van der Waals surface area contributed by atoms with Crippen molar-refractivity contribution in [1.82, 2.24) is 5.32 Å². The van der Waals surface area contributed by atoms with Gasteiger partial charge in [0.1, 0.15) is 0 Å². The van der Waals surface area contributed by atoms with E-state index in [0.717, 1.165) is 6.42 Å². The molecule has 2 rings (SSSR count). The first-order valence-electron chi connectivity index (χ1n) is 6.65. The Balaban J connectivity index is 2.15. The highest BCUT2D eigenvalue weighted by Crippen LogP contribution is 2.48. The monoisotopic (exact) mass is 267 g/mol. The van der Waals surface area contributed by atoms with Gasteiger partial charge in [-0.1, -0.05) is 12.2 Å². The molecule has 0 aliphatic heterocycles. The predicted molar refractivity (Wildman–Crippen MR) is 69.3 cm³/mol. The molecule has 1 fully saturated rings. The molecule has 0 radical (unpaired) electrons. The van der Waals surface area contributed by atoms with Crippen LogP contribution in [0.15, 0.2) is 12.2 Å². The van der Waals surface area contributed by atoms with Crippen molar-refractivity contribution in [2.45, 2.75) is 38.8 Å². The largest absolute Gasteiger partial charge is 0.481 e. The van der Waals surface area contributed by atoms with Crippen LogP contribution in [-0.2, 0) is 9.59 Å². The summed E-state index contributed by atoms with van der Waals surface area (Å²) in [6, 6.07) is 0. The van der Waals surface area contributed by atoms with Crippen molar-refractivity contribution in [2.75, 3.05) is 0 Å². The SMILES string of the molecule is CC(O)C(C)(C)NC(=O)C1C2C=CC(C2)C1C(=O)O. The molecule has 2 aliphatic carbocycles. The molecular weight excluding hydrogens is 246 g/mol. The molecule has 5 atom stereocenters. The fourth-order valence-electron chi connectivity index (χ4n) is 3.02. The van der Waals surface area contributed by atoms with E-state index in [9.17, 15) is 19.8 Å². The van der Waals surface area contributed by atoms with E-state index in [0.29, 0.717) is 0 Å². The Kier molecular flexibility index (Phi) is 3.43. The fraction of sp³-hybridized carbons (Fsp3) is 0.714. The number of fused-ring (bicyclic) bond motifs is 2. The van der Waals surface area contributed by atoms with Gasteiger partial charge in [0, 0.05) is 0 Å². The second-order valence-electron chi connectivity index (χ2n) is 6.23. The van der Waals surface area contributed by atoms with Crippen molar-refractivity contribution in [3.8, 4) is 0 Å². The van der Waals surface area contributed by atoms with Gasteiger partial charge < -0.3 is 15.5 Å². The second kappa shape index (κ2) is 4.63. The van der Waals surface area contributed by atoms with Gasteiger partial charge in [0.15, 0.2) is 0 Å². The Labute approximate surface area is 112 Å². The van der Waals surface area contributed by atoms with E-state index in [-0.39, 0.29) is 17.7 Å². The van der Waals surface area contributed by atoms with E-state index in [4.69, 9.17) is 0 Å². The normalized spacial score (nSPS) is 34.3. The number of nitrogens with one attached hydrogen (secondary N) is 1. The van der Waals surface area contributed by atoms with Crippen LogP contribution in [0.4, 0.5) is 0 Å². The first-order valence-corrected chi connectivity index (χ1v) is 6.65. The molecule has 0 aromatic rings. The van der Waals surface area contributed by atoms with Crippen LogP contribution >= 0.6 is 0 Å². The summed E-state index contributed by atoms with van der Waals surface area (Å²) in [6.45, 7) is 5.07. The summed E-state index contributed by atoms with van der Waals surface area (Å²) in [7, 11) is 0. The molecule has 1 amide bonds. The maximum Gasteiger partial charge on any atom is 0.307 e. The Hall–Kier alpha value is -1.36. The van der Waals surface area contributed by atoms with Gasteiger partial charge in [0.05, 0.1) is 23.5 Å². The number of carboxylic acid groups (broad SMARTS) is 1. The van der Waals surface area contributed by atoms with Crippen molar-refractivity contribution in [2.24, 2.45) is 23.7 Å². The zero-order chi connectivity index (χ0) is 14.4. The standard InChI is InChI=1S/C14H21NO4/c1-7(16)14(2,3)15-12(17)10-8-4-5-9(6-8)11(10)13(18)19/h4-5,7-11,16H,6H2,1-3H3,(H,15,17)(H,18,19). The van der Waals surface area contributed by atoms with Crippen LogP contribution < -0.4 is 5.32 Å². The average Bonchev–Trinajstić information content (AvgIpc) is 2.86. The molecule has 5 nitrogen and oxygen atoms in total. The molecule has 106 valence electrons. The molecular formula is C14H21NO4. The van der Waals surface area contributed by atoms with Crippen LogP contribution in [0.2, 0.25) is 0 Å². The number of carbonyl (C=O) groups is 2. The van der Waals surface area contributed by atoms with Crippen molar-refractivity contribution < 1.29 is 19.8 Å². The van der Waals surface area contributed by atoms with Gasteiger partial charge in [0.25, 0.3) is 0 Å². The highest BCUT2D eigenvalue weighted by Gasteiger charge is 2.52. The summed E-state index contributed by atoms with van der Waals surface area (Å²) in [4.78, 5) is 23.7. The molecule has 2 bridgehead atoms. The first kappa shape index (κ1) is 14.1. The summed E-state index contributed by atoms with van der Waals surface area (Å²) in [5.74, 6) is -2.36. The van der Waals surface area contributed by atoms with Crippen molar-refractivity contribution in [3.05, 3.63) is 12.2 Å². The average molecular weight is 267 g/mol. The number of carboxylic acids is 1. The lowest BCUT2D eigenvalue weighted by Crippen LogP contribution is -2.54. The van der Waals surface area contributed by atoms with Crippen LogP contribution in [0.3, 0.4) is 0 Å². The number of allylic oxidation sites excluding steroid dienone is 2. The molecule has 0 aromatic carbocycles. The zero-order valence-electron chi connectivity index (χ0n) is 11.5. The van der Waals surface area contributed by atoms with E-state index in [1.54, 1.807) is 20.8 Å². The van der Waals surface area contributed by atoms with Gasteiger partial charge in [-0.25, -0.2) is 0 Å². The number of hydrogen-bond donors (Lipinski definition) is 3. The summed E-state index contributed by atoms with van der Waals surface area (Å²) >= 11 is 0. The minimum atomic E-state index is -0.910. The highest BCUT2D eigenvalue weighted by atomic mass is 16.4. The van der Waals surface area contributed by atoms with Gasteiger partial charge in [-0.15, -0.1) is 0 Å². The number of hydrogen-bond acceptors (Lipinski definition) is 3. The summed E-state index contributed by atoms with van der Waals surface area (Å²) in [5, 5.41) is 21.7. The lowest BCUT2D eigenvalue weighted by atomic mass is 9.81. The predicted octanol–water partition coefficient (Wildman–Crippen LogP) is 0.785. The Morgan fingerprint density at radius 1 is 1.26 bits per heavy atom. The molecule has 5 heteroatoms. The molecule has 0 saturated heterocycles. The third-order valence-electron chi connectivity index (χ3n) is 4.54. The lowest BCUT2D eigenvalue weighted by Gasteiger charge is -2.33. The molecule has 19 heavy (non-hydrogen) atoms. The van der Waals surface area contributed by atoms with Gasteiger partial charge in [-0.2, -0.15) is 0 Å². The first-order chi connectivity index (χ1) is 8.74. The van der Waals surface area contributed by atoms with Crippen LogP contribution in [0, 0.1) is 23.7 Å². The number of aliphatic carboxylic acids is 1. The van der Waals surface area contributed by atoms with E-state index in [2.05, 4.69) is 5.32 Å². The number of amides is 1. The smallest absolute Gasteiger partial charge is 0.307 e. The number of carbonyl (C=O) groups excluding carboxylic acids is 1. The van der Waals surface area contributed by atoms with Crippen molar-refractivity contribution in [3.63, 3.8) is 0 Å². The molecule has 2 aliphatic rings. The van der Waals surface area contributed by atoms with Gasteiger partial charge >= 0.3 is 5.97 Å². The highest BCUT2D eigenvalue weighted by molar-refractivity contribution is 5.87. The quantitative estimate of drug-likeness (QED) is 0.657. The van der Waals surface area contributed by atoms with Gasteiger partial charge in [-0.3, -0.25) is 9.59 Å². The molecule has 5 unspecified atom stereocenters. The fourth-order valence-corrected chi connectivity index (χ4v) is 3.02. The van der Waals surface area contributed by atoms with Gasteiger partial charge in [0.2, 0.25) is 5.91 Å². The number of aliphatic hydroxyl groups is 1.